The maximum atomic E-state index is 12.5. The van der Waals surface area contributed by atoms with Crippen molar-refractivity contribution in [3.8, 4) is 11.5 Å². The molecule has 6 nitrogen and oxygen atoms in total. The van der Waals surface area contributed by atoms with Gasteiger partial charge in [-0.15, -0.1) is 0 Å². The summed E-state index contributed by atoms with van der Waals surface area (Å²) in [5.41, 5.74) is 8.82. The quantitative estimate of drug-likeness (QED) is 0.607. The average Bonchev–Trinajstić information content (AvgIpc) is 2.64. The normalized spacial score (nSPS) is 12.1. The number of anilines is 1. The first-order chi connectivity index (χ1) is 13.3. The fourth-order valence-electron chi connectivity index (χ4n) is 3.02. The van der Waals surface area contributed by atoms with Crippen LogP contribution in [0.15, 0.2) is 48.5 Å². The zero-order valence-electron chi connectivity index (χ0n) is 16.3. The number of fused-ring (bicyclic) bond motifs is 1. The highest BCUT2D eigenvalue weighted by atomic mass is 16.5. The molecule has 0 aliphatic carbocycles. The first-order valence-electron chi connectivity index (χ1n) is 9.23. The number of nitrogens with one attached hydrogen (secondary N) is 1. The molecule has 0 spiro atoms. The maximum Gasteiger partial charge on any atom is 0.251 e. The Kier molecular flexibility index (Phi) is 5.68. The molecule has 4 N–H and O–H groups in total. The van der Waals surface area contributed by atoms with E-state index in [1.54, 1.807) is 12.1 Å². The van der Waals surface area contributed by atoms with Gasteiger partial charge < -0.3 is 20.9 Å². The van der Waals surface area contributed by atoms with Crippen molar-refractivity contribution >= 4 is 22.5 Å². The lowest BCUT2D eigenvalue weighted by molar-refractivity contribution is 0.0904. The fourth-order valence-corrected chi connectivity index (χ4v) is 3.02. The molecule has 3 aromatic rings. The third kappa shape index (κ3) is 4.34. The molecule has 28 heavy (non-hydrogen) atoms. The van der Waals surface area contributed by atoms with Crippen LogP contribution in [-0.2, 0) is 0 Å². The number of phenols is 1. The number of benzene rings is 2. The molecule has 0 saturated carbocycles. The molecule has 0 bridgehead atoms. The van der Waals surface area contributed by atoms with Gasteiger partial charge in [-0.2, -0.15) is 0 Å². The van der Waals surface area contributed by atoms with E-state index in [1.807, 2.05) is 45.0 Å². The molecule has 0 unspecified atom stereocenters. The number of carbonyl (C=O) groups excluding carboxylic acids is 1. The van der Waals surface area contributed by atoms with Crippen molar-refractivity contribution < 1.29 is 14.6 Å². The summed E-state index contributed by atoms with van der Waals surface area (Å²) < 4.78 is 6.04. The summed E-state index contributed by atoms with van der Waals surface area (Å²) in [6, 6.07) is 13.5. The molecule has 1 atom stereocenters. The number of amides is 1. The number of nitrogens with zero attached hydrogens (tertiary/aromatic N) is 1. The molecule has 0 aliphatic heterocycles. The summed E-state index contributed by atoms with van der Waals surface area (Å²) in [4.78, 5) is 17.0. The summed E-state index contributed by atoms with van der Waals surface area (Å²) in [6.45, 7) is 6.21. The van der Waals surface area contributed by atoms with Gasteiger partial charge in [-0.05, 0) is 49.2 Å². The Morgan fingerprint density at radius 2 is 1.96 bits per heavy atom. The van der Waals surface area contributed by atoms with Crippen LogP contribution in [0, 0.1) is 12.8 Å². The van der Waals surface area contributed by atoms with Crippen LogP contribution in [0.4, 0.5) is 5.69 Å². The predicted molar refractivity (Wildman–Crippen MR) is 111 cm³/mol. The molecular formula is C22H25N3O3. The van der Waals surface area contributed by atoms with E-state index in [0.717, 1.165) is 16.6 Å². The number of carbonyl (C=O) groups is 1. The number of hydrogen-bond acceptors (Lipinski definition) is 5. The standard InChI is InChI=1S/C22H25N3O3/c1-13(2)19(25-22(27)15-6-4-7-16(26)11-15)12-28-20-9-5-8-18-21(20)17(23)10-14(3)24-18/h4-11,13,19,26H,12H2,1-3H3,(H2,23,24)(H,25,27)/t19-/m1/s1. The number of aromatic hydroxyl groups is 1. The van der Waals surface area contributed by atoms with Crippen molar-refractivity contribution in [3.63, 3.8) is 0 Å². The Morgan fingerprint density at radius 1 is 1.21 bits per heavy atom. The van der Waals surface area contributed by atoms with Crippen molar-refractivity contribution in [1.82, 2.24) is 10.3 Å². The maximum absolute atomic E-state index is 12.5. The molecule has 0 aliphatic rings. The monoisotopic (exact) mass is 379 g/mol. The summed E-state index contributed by atoms with van der Waals surface area (Å²) in [5.74, 6) is 0.584. The molecule has 146 valence electrons. The number of aromatic nitrogens is 1. The highest BCUT2D eigenvalue weighted by Crippen LogP contribution is 2.30. The van der Waals surface area contributed by atoms with E-state index in [1.165, 1.54) is 12.1 Å². The topological polar surface area (TPSA) is 97.5 Å². The molecule has 3 rings (SSSR count). The van der Waals surface area contributed by atoms with Crippen LogP contribution in [0.5, 0.6) is 11.5 Å². The van der Waals surface area contributed by atoms with E-state index in [-0.39, 0.29) is 30.2 Å². The van der Waals surface area contributed by atoms with Crippen LogP contribution < -0.4 is 15.8 Å². The van der Waals surface area contributed by atoms with E-state index in [9.17, 15) is 9.90 Å². The Bertz CT molecular complexity index is 1000. The van der Waals surface area contributed by atoms with Crippen molar-refractivity contribution in [1.29, 1.82) is 0 Å². The number of phenolic OH excluding ortho intramolecular Hbond substituents is 1. The van der Waals surface area contributed by atoms with E-state index in [4.69, 9.17) is 10.5 Å². The number of rotatable bonds is 6. The molecule has 1 aromatic heterocycles. The van der Waals surface area contributed by atoms with Gasteiger partial charge in [-0.1, -0.05) is 26.0 Å². The lowest BCUT2D eigenvalue weighted by atomic mass is 10.0. The van der Waals surface area contributed by atoms with Crippen LogP contribution in [0.25, 0.3) is 10.9 Å². The number of pyridine rings is 1. The SMILES string of the molecule is Cc1cc(N)c2c(OC[C@@H](NC(=O)c3cccc(O)c3)C(C)C)cccc2n1. The minimum Gasteiger partial charge on any atom is -0.508 e. The Balaban J connectivity index is 1.77. The number of hydrogen-bond donors (Lipinski definition) is 3. The van der Waals surface area contributed by atoms with Gasteiger partial charge in [-0.25, -0.2) is 0 Å². The molecule has 6 heteroatoms. The van der Waals surface area contributed by atoms with E-state index >= 15 is 0 Å². The second-order valence-electron chi connectivity index (χ2n) is 7.19. The van der Waals surface area contributed by atoms with Crippen molar-refractivity contribution in [2.75, 3.05) is 12.3 Å². The van der Waals surface area contributed by atoms with Crippen LogP contribution in [-0.4, -0.2) is 28.6 Å². The van der Waals surface area contributed by atoms with Gasteiger partial charge in [0.2, 0.25) is 0 Å². The van der Waals surface area contributed by atoms with Gasteiger partial charge >= 0.3 is 0 Å². The summed E-state index contributed by atoms with van der Waals surface area (Å²) in [7, 11) is 0. The van der Waals surface area contributed by atoms with Crippen LogP contribution >= 0.6 is 0 Å². The van der Waals surface area contributed by atoms with E-state index in [2.05, 4.69) is 10.3 Å². The molecule has 1 heterocycles. The van der Waals surface area contributed by atoms with Gasteiger partial charge in [0.25, 0.3) is 5.91 Å². The minimum atomic E-state index is -0.257. The third-order valence-corrected chi connectivity index (χ3v) is 4.60. The Hall–Kier alpha value is -3.28. The zero-order valence-corrected chi connectivity index (χ0v) is 16.3. The number of ether oxygens (including phenoxy) is 1. The average molecular weight is 379 g/mol. The summed E-state index contributed by atoms with van der Waals surface area (Å²) >= 11 is 0. The number of nitrogen functional groups attached to an aromatic ring is 1. The van der Waals surface area contributed by atoms with Gasteiger partial charge in [-0.3, -0.25) is 9.78 Å². The van der Waals surface area contributed by atoms with Gasteiger partial charge in [0.1, 0.15) is 18.1 Å². The first kappa shape index (κ1) is 19.5. The van der Waals surface area contributed by atoms with E-state index in [0.29, 0.717) is 17.0 Å². The summed E-state index contributed by atoms with van der Waals surface area (Å²) in [5, 5.41) is 13.3. The molecule has 0 saturated heterocycles. The van der Waals surface area contributed by atoms with Crippen molar-refractivity contribution in [3.05, 3.63) is 59.8 Å². The molecule has 0 radical (unpaired) electrons. The fraction of sp³-hybridized carbons (Fsp3) is 0.273. The summed E-state index contributed by atoms with van der Waals surface area (Å²) in [6.07, 6.45) is 0. The first-order valence-corrected chi connectivity index (χ1v) is 9.23. The second-order valence-corrected chi connectivity index (χ2v) is 7.19. The lowest BCUT2D eigenvalue weighted by Gasteiger charge is -2.23. The third-order valence-electron chi connectivity index (χ3n) is 4.60. The van der Waals surface area contributed by atoms with E-state index < -0.39 is 0 Å². The molecule has 0 fully saturated rings. The molecule has 1 amide bonds. The molecule has 2 aromatic carbocycles. The Labute approximate surface area is 164 Å². The van der Waals surface area contributed by atoms with Crippen molar-refractivity contribution in [2.24, 2.45) is 5.92 Å². The van der Waals surface area contributed by atoms with Crippen molar-refractivity contribution in [2.45, 2.75) is 26.8 Å². The van der Waals surface area contributed by atoms with Gasteiger partial charge in [0.15, 0.2) is 0 Å². The Morgan fingerprint density at radius 3 is 2.68 bits per heavy atom. The van der Waals surface area contributed by atoms with Crippen LogP contribution in [0.1, 0.15) is 29.9 Å². The van der Waals surface area contributed by atoms with Crippen LogP contribution in [0.2, 0.25) is 0 Å². The van der Waals surface area contributed by atoms with Gasteiger partial charge in [0, 0.05) is 16.9 Å². The molecular weight excluding hydrogens is 354 g/mol. The smallest absolute Gasteiger partial charge is 0.251 e. The highest BCUT2D eigenvalue weighted by Gasteiger charge is 2.19. The zero-order chi connectivity index (χ0) is 20.3. The van der Waals surface area contributed by atoms with Crippen LogP contribution in [0.3, 0.4) is 0 Å². The van der Waals surface area contributed by atoms with Gasteiger partial charge in [0.05, 0.1) is 16.9 Å². The number of aryl methyl sites for hydroxylation is 1. The number of nitrogens with two attached hydrogens (primary N) is 1. The predicted octanol–water partition coefficient (Wildman–Crippen LogP) is 3.66. The lowest BCUT2D eigenvalue weighted by Crippen LogP contribution is -2.42. The second kappa shape index (κ2) is 8.17. The largest absolute Gasteiger partial charge is 0.508 e. The minimum absolute atomic E-state index is 0.0546. The highest BCUT2D eigenvalue weighted by molar-refractivity contribution is 5.96.